The Balaban J connectivity index is 1.45. The Morgan fingerprint density at radius 3 is 2.63 bits per heavy atom. The molecule has 1 fully saturated rings. The number of para-hydroxylation sites is 1. The van der Waals surface area contributed by atoms with E-state index in [0.29, 0.717) is 0 Å². The van der Waals surface area contributed by atoms with Crippen LogP contribution in [0.4, 0.5) is 18.9 Å². The van der Waals surface area contributed by atoms with Crippen LogP contribution in [0.25, 0.3) is 0 Å². The summed E-state index contributed by atoms with van der Waals surface area (Å²) in [7, 11) is 0. The number of esters is 1. The van der Waals surface area contributed by atoms with Crippen molar-refractivity contribution in [2.24, 2.45) is 5.92 Å². The molecule has 0 amide bonds. The Morgan fingerprint density at radius 2 is 1.96 bits per heavy atom. The predicted molar refractivity (Wildman–Crippen MR) is 92.8 cm³/mol. The van der Waals surface area contributed by atoms with E-state index in [9.17, 15) is 18.0 Å². The van der Waals surface area contributed by atoms with Crippen LogP contribution in [0.15, 0.2) is 48.7 Å². The van der Waals surface area contributed by atoms with Crippen molar-refractivity contribution in [2.75, 3.05) is 31.2 Å². The first-order valence-electron chi connectivity index (χ1n) is 8.53. The molecule has 3 rings (SSSR count). The molecular weight excluding hydrogens is 361 g/mol. The summed E-state index contributed by atoms with van der Waals surface area (Å²) < 4.78 is 46.1. The van der Waals surface area contributed by atoms with Crippen molar-refractivity contribution in [3.8, 4) is 5.88 Å². The number of carbonyl (C=O) groups excluding carboxylic acids is 1. The van der Waals surface area contributed by atoms with Crippen LogP contribution >= 0.6 is 0 Å². The normalized spacial score (nSPS) is 17.0. The molecule has 27 heavy (non-hydrogen) atoms. The molecule has 1 atom stereocenters. The van der Waals surface area contributed by atoms with Crippen LogP contribution in [0.2, 0.25) is 0 Å². The summed E-state index contributed by atoms with van der Waals surface area (Å²) in [6.07, 6.45) is -2.36. The third-order valence-electron chi connectivity index (χ3n) is 4.21. The summed E-state index contributed by atoms with van der Waals surface area (Å²) in [5, 5.41) is 0. The summed E-state index contributed by atoms with van der Waals surface area (Å²) in [6, 6.07) is 12.6. The highest BCUT2D eigenvalue weighted by atomic mass is 19.4. The molecule has 0 aliphatic carbocycles. The number of rotatable bonds is 6. The molecule has 0 N–H and O–H groups in total. The van der Waals surface area contributed by atoms with Gasteiger partial charge in [-0.1, -0.05) is 18.2 Å². The number of anilines is 1. The number of halogens is 3. The summed E-state index contributed by atoms with van der Waals surface area (Å²) in [5.41, 5.74) is 1.32. The van der Waals surface area contributed by atoms with E-state index in [0.717, 1.165) is 31.4 Å². The molecule has 1 aromatic heterocycles. The van der Waals surface area contributed by atoms with Gasteiger partial charge in [-0.3, -0.25) is 0 Å². The van der Waals surface area contributed by atoms with Gasteiger partial charge in [0.15, 0.2) is 6.61 Å². The third-order valence-corrected chi connectivity index (χ3v) is 4.21. The van der Waals surface area contributed by atoms with Crippen molar-refractivity contribution in [2.45, 2.75) is 12.6 Å². The lowest BCUT2D eigenvalue weighted by Crippen LogP contribution is -2.22. The second-order valence-electron chi connectivity index (χ2n) is 6.32. The molecule has 0 bridgehead atoms. The van der Waals surface area contributed by atoms with Crippen molar-refractivity contribution < 1.29 is 27.4 Å². The number of nitrogens with zero attached hydrogens (tertiary/aromatic N) is 2. The Morgan fingerprint density at radius 1 is 1.19 bits per heavy atom. The average Bonchev–Trinajstić information content (AvgIpc) is 3.14. The van der Waals surface area contributed by atoms with Crippen molar-refractivity contribution in [1.82, 2.24) is 4.98 Å². The van der Waals surface area contributed by atoms with Gasteiger partial charge in [-0.25, -0.2) is 9.78 Å². The topological polar surface area (TPSA) is 51.7 Å². The molecule has 0 saturated carbocycles. The van der Waals surface area contributed by atoms with Crippen molar-refractivity contribution in [1.29, 1.82) is 0 Å². The zero-order chi connectivity index (χ0) is 19.3. The Hall–Kier alpha value is -2.77. The number of carbonyl (C=O) groups is 1. The maximum Gasteiger partial charge on any atom is 0.422 e. The number of alkyl halides is 3. The summed E-state index contributed by atoms with van der Waals surface area (Å²) in [6.45, 7) is 0.566. The summed E-state index contributed by atoms with van der Waals surface area (Å²) in [4.78, 5) is 18.0. The lowest BCUT2D eigenvalue weighted by molar-refractivity contribution is -0.154. The molecule has 0 spiro atoms. The fourth-order valence-electron chi connectivity index (χ4n) is 2.86. The Bertz CT molecular complexity index is 751. The van der Waals surface area contributed by atoms with E-state index in [1.165, 1.54) is 12.1 Å². The van der Waals surface area contributed by atoms with Gasteiger partial charge in [0, 0.05) is 37.0 Å². The fraction of sp³-hybridized carbons (Fsp3) is 0.368. The molecule has 2 heterocycles. The van der Waals surface area contributed by atoms with Gasteiger partial charge in [-0.05, 0) is 24.6 Å². The van der Waals surface area contributed by atoms with E-state index in [2.05, 4.69) is 14.6 Å². The minimum absolute atomic E-state index is 0.173. The average molecular weight is 380 g/mol. The van der Waals surface area contributed by atoms with Gasteiger partial charge < -0.3 is 14.4 Å². The van der Waals surface area contributed by atoms with Gasteiger partial charge in [0.05, 0.1) is 12.2 Å². The molecule has 1 saturated heterocycles. The minimum Gasteiger partial charge on any atom is -0.468 e. The van der Waals surface area contributed by atoms with E-state index < -0.39 is 18.8 Å². The monoisotopic (exact) mass is 380 g/mol. The fourth-order valence-corrected chi connectivity index (χ4v) is 2.86. The lowest BCUT2D eigenvalue weighted by atomic mass is 10.1. The van der Waals surface area contributed by atoms with E-state index in [1.54, 1.807) is 0 Å². The van der Waals surface area contributed by atoms with E-state index >= 15 is 0 Å². The molecule has 2 aromatic rings. The summed E-state index contributed by atoms with van der Waals surface area (Å²) >= 11 is 0. The molecule has 8 heteroatoms. The molecule has 1 unspecified atom stereocenters. The molecule has 1 aromatic carbocycles. The Labute approximate surface area is 154 Å². The lowest BCUT2D eigenvalue weighted by Gasteiger charge is -2.18. The van der Waals surface area contributed by atoms with Crippen LogP contribution in [0.1, 0.15) is 16.8 Å². The van der Waals surface area contributed by atoms with Crippen LogP contribution in [0.3, 0.4) is 0 Å². The molecule has 1 aliphatic heterocycles. The smallest absolute Gasteiger partial charge is 0.422 e. The van der Waals surface area contributed by atoms with E-state index in [4.69, 9.17) is 4.74 Å². The van der Waals surface area contributed by atoms with Crippen molar-refractivity contribution in [3.05, 3.63) is 54.2 Å². The van der Waals surface area contributed by atoms with Crippen LogP contribution in [-0.2, 0) is 4.74 Å². The van der Waals surface area contributed by atoms with Crippen LogP contribution in [0, 0.1) is 5.92 Å². The van der Waals surface area contributed by atoms with Gasteiger partial charge >= 0.3 is 12.1 Å². The third kappa shape index (κ3) is 5.60. The highest BCUT2D eigenvalue weighted by Gasteiger charge is 2.28. The maximum absolute atomic E-state index is 12.1. The minimum atomic E-state index is -4.44. The highest BCUT2D eigenvalue weighted by Crippen LogP contribution is 2.24. The SMILES string of the molecule is O=C(OCC1CCN(c2ccccc2)C1)c1ccc(OCC(F)(F)F)nc1. The number of hydrogen-bond acceptors (Lipinski definition) is 5. The first-order chi connectivity index (χ1) is 12.9. The highest BCUT2D eigenvalue weighted by molar-refractivity contribution is 5.89. The van der Waals surface area contributed by atoms with Gasteiger partial charge in [-0.15, -0.1) is 0 Å². The molecule has 1 aliphatic rings. The first kappa shape index (κ1) is 19.0. The second kappa shape index (κ2) is 8.28. The van der Waals surface area contributed by atoms with Crippen LogP contribution in [-0.4, -0.2) is 43.4 Å². The van der Waals surface area contributed by atoms with Crippen LogP contribution in [0.5, 0.6) is 5.88 Å². The quantitative estimate of drug-likeness (QED) is 0.715. The molecule has 5 nitrogen and oxygen atoms in total. The molecule has 144 valence electrons. The largest absolute Gasteiger partial charge is 0.468 e. The molecule has 0 radical (unpaired) electrons. The number of ether oxygens (including phenoxy) is 2. The Kier molecular flexibility index (Phi) is 5.83. The summed E-state index contributed by atoms with van der Waals surface area (Å²) in [5.74, 6) is -0.516. The van der Waals surface area contributed by atoms with Gasteiger partial charge in [-0.2, -0.15) is 13.2 Å². The zero-order valence-electron chi connectivity index (χ0n) is 14.5. The van der Waals surface area contributed by atoms with Crippen molar-refractivity contribution in [3.63, 3.8) is 0 Å². The van der Waals surface area contributed by atoms with E-state index in [-0.39, 0.29) is 24.0 Å². The van der Waals surface area contributed by atoms with Crippen LogP contribution < -0.4 is 9.64 Å². The molecular formula is C19H19F3N2O3. The van der Waals surface area contributed by atoms with Crippen molar-refractivity contribution >= 4 is 11.7 Å². The number of aromatic nitrogens is 1. The number of hydrogen-bond donors (Lipinski definition) is 0. The number of pyridine rings is 1. The van der Waals surface area contributed by atoms with Gasteiger partial charge in [0.1, 0.15) is 0 Å². The van der Waals surface area contributed by atoms with Gasteiger partial charge in [0.25, 0.3) is 0 Å². The predicted octanol–water partition coefficient (Wildman–Crippen LogP) is 3.71. The standard InChI is InChI=1S/C19H19F3N2O3/c20-19(21,22)13-27-17-7-6-15(10-23-17)18(25)26-12-14-8-9-24(11-14)16-4-2-1-3-5-16/h1-7,10,14H,8-9,11-13H2. The first-order valence-corrected chi connectivity index (χ1v) is 8.53. The zero-order valence-corrected chi connectivity index (χ0v) is 14.5. The van der Waals surface area contributed by atoms with E-state index in [1.807, 2.05) is 30.3 Å². The maximum atomic E-state index is 12.1. The number of benzene rings is 1. The van der Waals surface area contributed by atoms with Gasteiger partial charge in [0.2, 0.25) is 5.88 Å². The second-order valence-corrected chi connectivity index (χ2v) is 6.32.